The Morgan fingerprint density at radius 2 is 1.42 bits per heavy atom. The fourth-order valence-corrected chi connectivity index (χ4v) is 5.59. The van der Waals surface area contributed by atoms with E-state index >= 15 is 0 Å². The van der Waals surface area contributed by atoms with Crippen LogP contribution in [-0.2, 0) is 8.85 Å². The summed E-state index contributed by atoms with van der Waals surface area (Å²) < 4.78 is 12.3. The summed E-state index contributed by atoms with van der Waals surface area (Å²) in [6, 6.07) is 2.32. The average molecular weight is 289 g/mol. The van der Waals surface area contributed by atoms with Crippen molar-refractivity contribution < 1.29 is 8.85 Å². The van der Waals surface area contributed by atoms with Gasteiger partial charge in [0, 0.05) is 13.7 Å². The molecule has 0 aliphatic carbocycles. The van der Waals surface area contributed by atoms with Crippen molar-refractivity contribution in [3.05, 3.63) is 0 Å². The van der Waals surface area contributed by atoms with Crippen LogP contribution < -0.4 is 0 Å². The maximum Gasteiger partial charge on any atom is 0.337 e. The molecular formula is C16H36O2Si. The summed E-state index contributed by atoms with van der Waals surface area (Å²) in [5.41, 5.74) is 0.229. The molecule has 0 heterocycles. The maximum atomic E-state index is 6.34. The van der Waals surface area contributed by atoms with E-state index in [9.17, 15) is 0 Å². The number of rotatable bonds is 11. The molecule has 0 aliphatic heterocycles. The molecule has 0 saturated carbocycles. The fourth-order valence-electron chi connectivity index (χ4n) is 2.15. The molecule has 19 heavy (non-hydrogen) atoms. The molecule has 0 bridgehead atoms. The van der Waals surface area contributed by atoms with Crippen LogP contribution in [0.4, 0.5) is 0 Å². The molecule has 116 valence electrons. The third-order valence-corrected chi connectivity index (χ3v) is 7.11. The standard InChI is InChI=1S/C16H36O2Si/c1-7-9-11-12-14-19(17-6,13-10-8-2)18-15-16(3,4)5/h7-15H2,1-6H3. The van der Waals surface area contributed by atoms with Crippen LogP contribution >= 0.6 is 0 Å². The molecule has 0 aliphatic rings. The van der Waals surface area contributed by atoms with Gasteiger partial charge in [-0.2, -0.15) is 0 Å². The van der Waals surface area contributed by atoms with Crippen molar-refractivity contribution in [2.45, 2.75) is 85.2 Å². The Morgan fingerprint density at radius 1 is 0.842 bits per heavy atom. The summed E-state index contributed by atoms with van der Waals surface area (Å²) in [6.07, 6.45) is 7.67. The SMILES string of the molecule is CCCCCC[Si](CCCC)(OC)OCC(C)(C)C. The molecular weight excluding hydrogens is 252 g/mol. The predicted molar refractivity (Wildman–Crippen MR) is 86.8 cm³/mol. The zero-order valence-electron chi connectivity index (χ0n) is 14.2. The molecule has 3 heteroatoms. The summed E-state index contributed by atoms with van der Waals surface area (Å²) in [5, 5.41) is 0. The quantitative estimate of drug-likeness (QED) is 0.368. The van der Waals surface area contributed by atoms with Crippen LogP contribution in [0.1, 0.15) is 73.1 Å². The molecule has 0 N–H and O–H groups in total. The third-order valence-electron chi connectivity index (χ3n) is 3.46. The van der Waals surface area contributed by atoms with Gasteiger partial charge in [0.1, 0.15) is 0 Å². The highest BCUT2D eigenvalue weighted by molar-refractivity contribution is 6.67. The highest BCUT2D eigenvalue weighted by Crippen LogP contribution is 2.27. The van der Waals surface area contributed by atoms with Gasteiger partial charge in [-0.05, 0) is 17.5 Å². The second-order valence-corrected chi connectivity index (χ2v) is 10.4. The zero-order chi connectivity index (χ0) is 14.8. The third kappa shape index (κ3) is 9.64. The van der Waals surface area contributed by atoms with E-state index in [1.807, 2.05) is 7.11 Å². The number of unbranched alkanes of at least 4 members (excludes halogenated alkanes) is 4. The summed E-state index contributed by atoms with van der Waals surface area (Å²) in [7, 11) is -0.0848. The molecule has 0 aromatic carbocycles. The van der Waals surface area contributed by atoms with Crippen molar-refractivity contribution in [3.63, 3.8) is 0 Å². The monoisotopic (exact) mass is 288 g/mol. The second-order valence-electron chi connectivity index (χ2n) is 6.88. The van der Waals surface area contributed by atoms with E-state index in [1.165, 1.54) is 44.6 Å². The maximum absolute atomic E-state index is 6.34. The summed E-state index contributed by atoms with van der Waals surface area (Å²) in [5.74, 6) is 0. The van der Waals surface area contributed by atoms with Gasteiger partial charge in [0.15, 0.2) is 0 Å². The van der Waals surface area contributed by atoms with E-state index in [-0.39, 0.29) is 5.41 Å². The molecule has 0 rings (SSSR count). The van der Waals surface area contributed by atoms with Crippen LogP contribution in [0.3, 0.4) is 0 Å². The largest absolute Gasteiger partial charge is 0.398 e. The van der Waals surface area contributed by atoms with Crippen molar-refractivity contribution in [3.8, 4) is 0 Å². The highest BCUT2D eigenvalue weighted by atomic mass is 28.4. The van der Waals surface area contributed by atoms with E-state index in [0.29, 0.717) is 0 Å². The molecule has 1 atom stereocenters. The zero-order valence-corrected chi connectivity index (χ0v) is 15.2. The molecule has 0 amide bonds. The molecule has 0 radical (unpaired) electrons. The van der Waals surface area contributed by atoms with Gasteiger partial charge in [-0.3, -0.25) is 0 Å². The first-order valence-electron chi connectivity index (χ1n) is 8.08. The Labute approximate surface area is 122 Å². The van der Waals surface area contributed by atoms with E-state index in [4.69, 9.17) is 8.85 Å². The lowest BCUT2D eigenvalue weighted by molar-refractivity contribution is 0.134. The lowest BCUT2D eigenvalue weighted by atomic mass is 9.99. The normalized spacial score (nSPS) is 15.5. The van der Waals surface area contributed by atoms with E-state index < -0.39 is 8.56 Å². The van der Waals surface area contributed by atoms with Crippen LogP contribution in [0, 0.1) is 5.41 Å². The first-order chi connectivity index (χ1) is 8.89. The average Bonchev–Trinajstić information content (AvgIpc) is 2.36. The summed E-state index contributed by atoms with van der Waals surface area (Å²) in [6.45, 7) is 12.0. The van der Waals surface area contributed by atoms with Crippen molar-refractivity contribution in [2.75, 3.05) is 13.7 Å². The minimum atomic E-state index is -1.95. The van der Waals surface area contributed by atoms with Crippen LogP contribution in [-0.4, -0.2) is 22.3 Å². The molecule has 0 saturated heterocycles. The smallest absolute Gasteiger partial charge is 0.337 e. The first kappa shape index (κ1) is 19.1. The molecule has 2 nitrogen and oxygen atoms in total. The van der Waals surface area contributed by atoms with Gasteiger partial charge in [-0.25, -0.2) is 0 Å². The Morgan fingerprint density at radius 3 is 1.89 bits per heavy atom. The van der Waals surface area contributed by atoms with Gasteiger partial charge in [0.25, 0.3) is 0 Å². The van der Waals surface area contributed by atoms with Crippen molar-refractivity contribution >= 4 is 8.56 Å². The van der Waals surface area contributed by atoms with Crippen LogP contribution in [0.25, 0.3) is 0 Å². The van der Waals surface area contributed by atoms with Gasteiger partial charge >= 0.3 is 8.56 Å². The highest BCUT2D eigenvalue weighted by Gasteiger charge is 2.36. The minimum absolute atomic E-state index is 0.229. The van der Waals surface area contributed by atoms with Gasteiger partial charge in [-0.15, -0.1) is 0 Å². The Kier molecular flexibility index (Phi) is 10.0. The molecule has 0 spiro atoms. The Bertz CT molecular complexity index is 213. The minimum Gasteiger partial charge on any atom is -0.398 e. The fraction of sp³-hybridized carbons (Fsp3) is 1.00. The molecule has 1 unspecified atom stereocenters. The van der Waals surface area contributed by atoms with Gasteiger partial charge in [0.2, 0.25) is 0 Å². The predicted octanol–water partition coefficient (Wildman–Crippen LogP) is 5.52. The molecule has 0 aromatic heterocycles. The Balaban J connectivity index is 4.40. The van der Waals surface area contributed by atoms with Crippen LogP contribution in [0.5, 0.6) is 0 Å². The topological polar surface area (TPSA) is 18.5 Å². The van der Waals surface area contributed by atoms with Crippen molar-refractivity contribution in [2.24, 2.45) is 5.41 Å². The summed E-state index contributed by atoms with van der Waals surface area (Å²) >= 11 is 0. The second kappa shape index (κ2) is 9.95. The Hall–Kier alpha value is 0.137. The van der Waals surface area contributed by atoms with E-state index in [2.05, 4.69) is 34.6 Å². The van der Waals surface area contributed by atoms with E-state index in [0.717, 1.165) is 12.7 Å². The summed E-state index contributed by atoms with van der Waals surface area (Å²) in [4.78, 5) is 0. The van der Waals surface area contributed by atoms with Crippen molar-refractivity contribution in [1.29, 1.82) is 0 Å². The number of hydrogen-bond acceptors (Lipinski definition) is 2. The first-order valence-corrected chi connectivity index (χ1v) is 10.3. The van der Waals surface area contributed by atoms with Crippen molar-refractivity contribution in [1.82, 2.24) is 0 Å². The lowest BCUT2D eigenvalue weighted by Gasteiger charge is -2.32. The number of hydrogen-bond donors (Lipinski definition) is 0. The van der Waals surface area contributed by atoms with Crippen LogP contribution in [0.15, 0.2) is 0 Å². The van der Waals surface area contributed by atoms with Gasteiger partial charge in [-0.1, -0.05) is 73.1 Å². The van der Waals surface area contributed by atoms with Gasteiger partial charge in [0.05, 0.1) is 0 Å². The molecule has 0 aromatic rings. The lowest BCUT2D eigenvalue weighted by Crippen LogP contribution is -2.43. The van der Waals surface area contributed by atoms with E-state index in [1.54, 1.807) is 0 Å². The van der Waals surface area contributed by atoms with Crippen LogP contribution in [0.2, 0.25) is 12.1 Å². The molecule has 0 fully saturated rings. The van der Waals surface area contributed by atoms with Gasteiger partial charge < -0.3 is 8.85 Å².